The molecule has 0 saturated carbocycles. The number of benzene rings is 4. The van der Waals surface area contributed by atoms with E-state index in [9.17, 15) is 0 Å². The zero-order valence-corrected chi connectivity index (χ0v) is 15.9. The van der Waals surface area contributed by atoms with Crippen molar-refractivity contribution in [3.8, 4) is 28.0 Å². The standard InChI is InChI=1S/C25H18ClNO/c26-21-13-11-19(12-14-21)25-27-24-22(18-9-5-2-6-10-18)15-20(16-23(24)28-25)17-7-3-1-4-8-17/h1-16,25,27H. The molecule has 1 heterocycles. The molecule has 1 unspecified atom stereocenters. The van der Waals surface area contributed by atoms with Crippen LogP contribution in [-0.2, 0) is 0 Å². The topological polar surface area (TPSA) is 21.3 Å². The summed E-state index contributed by atoms with van der Waals surface area (Å²) >= 11 is 6.04. The molecule has 2 nitrogen and oxygen atoms in total. The molecule has 0 fully saturated rings. The third-order valence-electron chi connectivity index (χ3n) is 4.99. The van der Waals surface area contributed by atoms with Crippen LogP contribution in [0, 0.1) is 0 Å². The van der Waals surface area contributed by atoms with Gasteiger partial charge >= 0.3 is 0 Å². The van der Waals surface area contributed by atoms with E-state index in [0.717, 1.165) is 38.7 Å². The summed E-state index contributed by atoms with van der Waals surface area (Å²) in [5.74, 6) is 0.861. The molecule has 1 aliphatic heterocycles. The molecule has 0 saturated heterocycles. The minimum Gasteiger partial charge on any atom is -0.464 e. The van der Waals surface area contributed by atoms with E-state index < -0.39 is 0 Å². The van der Waals surface area contributed by atoms with E-state index in [-0.39, 0.29) is 6.23 Å². The van der Waals surface area contributed by atoms with Crippen LogP contribution in [0.5, 0.6) is 5.75 Å². The van der Waals surface area contributed by atoms with Gasteiger partial charge in [0.1, 0.15) is 5.75 Å². The fraction of sp³-hybridized carbons (Fsp3) is 0.0400. The maximum atomic E-state index is 6.30. The van der Waals surface area contributed by atoms with Gasteiger partial charge in [0.2, 0.25) is 0 Å². The smallest absolute Gasteiger partial charge is 0.196 e. The summed E-state index contributed by atoms with van der Waals surface area (Å²) in [6.45, 7) is 0. The first-order valence-electron chi connectivity index (χ1n) is 9.25. The first-order chi connectivity index (χ1) is 13.8. The molecule has 0 radical (unpaired) electrons. The van der Waals surface area contributed by atoms with Gasteiger partial charge in [0.05, 0.1) is 5.69 Å². The summed E-state index contributed by atoms with van der Waals surface area (Å²) in [5.41, 5.74) is 6.65. The number of hydrogen-bond acceptors (Lipinski definition) is 2. The molecule has 3 heteroatoms. The molecule has 0 aromatic heterocycles. The van der Waals surface area contributed by atoms with Crippen molar-refractivity contribution >= 4 is 17.3 Å². The first kappa shape index (κ1) is 16.9. The van der Waals surface area contributed by atoms with Gasteiger partial charge in [0.25, 0.3) is 0 Å². The Bertz CT molecular complexity index is 1110. The Kier molecular flexibility index (Phi) is 4.27. The second-order valence-corrected chi connectivity index (χ2v) is 7.26. The van der Waals surface area contributed by atoms with Crippen molar-refractivity contribution < 1.29 is 4.74 Å². The minimum atomic E-state index is -0.235. The number of fused-ring (bicyclic) bond motifs is 1. The molecule has 1 atom stereocenters. The van der Waals surface area contributed by atoms with Crippen molar-refractivity contribution in [1.82, 2.24) is 0 Å². The van der Waals surface area contributed by atoms with E-state index >= 15 is 0 Å². The SMILES string of the molecule is Clc1ccc(C2Nc3c(cc(-c4ccccc4)cc3-c3ccccc3)O2)cc1. The second kappa shape index (κ2) is 7.06. The molecule has 1 N–H and O–H groups in total. The molecule has 4 aromatic carbocycles. The lowest BCUT2D eigenvalue weighted by Gasteiger charge is -2.12. The largest absolute Gasteiger partial charge is 0.464 e. The maximum Gasteiger partial charge on any atom is 0.196 e. The average molecular weight is 384 g/mol. The lowest BCUT2D eigenvalue weighted by Crippen LogP contribution is -2.09. The molecule has 1 aliphatic rings. The highest BCUT2D eigenvalue weighted by Gasteiger charge is 2.27. The lowest BCUT2D eigenvalue weighted by atomic mass is 9.97. The van der Waals surface area contributed by atoms with Crippen molar-refractivity contribution in [1.29, 1.82) is 0 Å². The van der Waals surface area contributed by atoms with Crippen molar-refractivity contribution in [2.24, 2.45) is 0 Å². The third-order valence-corrected chi connectivity index (χ3v) is 5.24. The van der Waals surface area contributed by atoms with E-state index in [0.29, 0.717) is 0 Å². The minimum absolute atomic E-state index is 0.235. The van der Waals surface area contributed by atoms with Gasteiger partial charge in [-0.25, -0.2) is 0 Å². The van der Waals surface area contributed by atoms with Crippen LogP contribution in [0.1, 0.15) is 11.8 Å². The number of halogens is 1. The van der Waals surface area contributed by atoms with Crippen molar-refractivity contribution in [2.45, 2.75) is 6.23 Å². The fourth-order valence-corrected chi connectivity index (χ4v) is 3.70. The van der Waals surface area contributed by atoms with Gasteiger partial charge in [-0.3, -0.25) is 0 Å². The van der Waals surface area contributed by atoms with E-state index in [4.69, 9.17) is 16.3 Å². The molecule has 136 valence electrons. The van der Waals surface area contributed by atoms with Crippen molar-refractivity contribution in [3.63, 3.8) is 0 Å². The highest BCUT2D eigenvalue weighted by molar-refractivity contribution is 6.30. The van der Waals surface area contributed by atoms with Crippen LogP contribution in [0.4, 0.5) is 5.69 Å². The summed E-state index contributed by atoms with van der Waals surface area (Å²) in [6, 6.07) is 32.9. The highest BCUT2D eigenvalue weighted by Crippen LogP contribution is 2.47. The van der Waals surface area contributed by atoms with Gasteiger partial charge < -0.3 is 10.1 Å². The van der Waals surface area contributed by atoms with Crippen LogP contribution in [0.25, 0.3) is 22.3 Å². The van der Waals surface area contributed by atoms with Crippen LogP contribution in [0.3, 0.4) is 0 Å². The Morgan fingerprint density at radius 2 is 1.32 bits per heavy atom. The molecule has 0 bridgehead atoms. The van der Waals surface area contributed by atoms with E-state index in [1.165, 1.54) is 5.56 Å². The van der Waals surface area contributed by atoms with Crippen molar-refractivity contribution in [2.75, 3.05) is 5.32 Å². The van der Waals surface area contributed by atoms with Crippen LogP contribution in [-0.4, -0.2) is 0 Å². The van der Waals surface area contributed by atoms with Crippen molar-refractivity contribution in [3.05, 3.63) is 108 Å². The number of ether oxygens (including phenoxy) is 1. The zero-order chi connectivity index (χ0) is 18.9. The van der Waals surface area contributed by atoms with Crippen LogP contribution in [0.2, 0.25) is 5.02 Å². The molecule has 0 spiro atoms. The molecule has 5 rings (SSSR count). The molecule has 28 heavy (non-hydrogen) atoms. The molecule has 0 amide bonds. The Hall–Kier alpha value is -3.23. The van der Waals surface area contributed by atoms with Crippen LogP contribution in [0.15, 0.2) is 97.1 Å². The number of anilines is 1. The van der Waals surface area contributed by atoms with Crippen LogP contribution < -0.4 is 10.1 Å². The number of rotatable bonds is 3. The summed E-state index contributed by atoms with van der Waals surface area (Å²) in [5, 5.41) is 4.27. The van der Waals surface area contributed by atoms with Gasteiger partial charge in [0.15, 0.2) is 6.23 Å². The molecule has 4 aromatic rings. The van der Waals surface area contributed by atoms with E-state index in [2.05, 4.69) is 66.0 Å². The maximum absolute atomic E-state index is 6.30. The number of nitrogens with one attached hydrogen (secondary N) is 1. The van der Waals surface area contributed by atoms with Gasteiger partial charge in [0, 0.05) is 16.1 Å². The predicted molar refractivity (Wildman–Crippen MR) is 116 cm³/mol. The Labute approximate surface area is 169 Å². The summed E-state index contributed by atoms with van der Waals surface area (Å²) in [4.78, 5) is 0. The molecular weight excluding hydrogens is 366 g/mol. The second-order valence-electron chi connectivity index (χ2n) is 6.82. The molecular formula is C25H18ClNO. The predicted octanol–water partition coefficient (Wildman–Crippen LogP) is 7.18. The van der Waals surface area contributed by atoms with Gasteiger partial charge in [-0.15, -0.1) is 0 Å². The normalized spacial score (nSPS) is 14.8. The lowest BCUT2D eigenvalue weighted by molar-refractivity contribution is 0.260. The average Bonchev–Trinajstić information content (AvgIpc) is 3.19. The van der Waals surface area contributed by atoms with E-state index in [1.54, 1.807) is 0 Å². The summed E-state index contributed by atoms with van der Waals surface area (Å²) in [6.07, 6.45) is -0.235. The Morgan fingerprint density at radius 3 is 2.00 bits per heavy atom. The zero-order valence-electron chi connectivity index (χ0n) is 15.1. The summed E-state index contributed by atoms with van der Waals surface area (Å²) < 4.78 is 6.30. The Morgan fingerprint density at radius 1 is 0.679 bits per heavy atom. The quantitative estimate of drug-likeness (QED) is 0.404. The van der Waals surface area contributed by atoms with Gasteiger partial charge in [-0.2, -0.15) is 0 Å². The third kappa shape index (κ3) is 3.12. The van der Waals surface area contributed by atoms with Gasteiger partial charge in [-0.05, 0) is 41.0 Å². The highest BCUT2D eigenvalue weighted by atomic mass is 35.5. The van der Waals surface area contributed by atoms with Crippen LogP contribution >= 0.6 is 11.6 Å². The summed E-state index contributed by atoms with van der Waals surface area (Å²) in [7, 11) is 0. The number of hydrogen-bond donors (Lipinski definition) is 1. The Balaban J connectivity index is 1.62. The fourth-order valence-electron chi connectivity index (χ4n) is 3.58. The first-order valence-corrected chi connectivity index (χ1v) is 9.63. The monoisotopic (exact) mass is 383 g/mol. The van der Waals surface area contributed by atoms with Gasteiger partial charge in [-0.1, -0.05) is 84.4 Å². The van der Waals surface area contributed by atoms with E-state index in [1.807, 2.05) is 36.4 Å². The molecule has 0 aliphatic carbocycles.